The fourth-order valence-electron chi connectivity index (χ4n) is 3.31. The van der Waals surface area contributed by atoms with Crippen molar-refractivity contribution in [1.82, 2.24) is 20.6 Å². The SMILES string of the molecule is CCC(=O)c1ccc(-c2[nH]nc3c2C(=O)c2c(NC(=O)NN(C)C)cccc2-3)s1. The Morgan fingerprint density at radius 1 is 1.17 bits per heavy atom. The second-order valence-electron chi connectivity index (χ2n) is 6.78. The topological polar surface area (TPSA) is 107 Å². The van der Waals surface area contributed by atoms with E-state index in [0.29, 0.717) is 45.1 Å². The largest absolute Gasteiger partial charge is 0.333 e. The molecule has 0 unspecified atom stereocenters. The van der Waals surface area contributed by atoms with Crippen molar-refractivity contribution in [3.63, 3.8) is 0 Å². The van der Waals surface area contributed by atoms with E-state index in [9.17, 15) is 14.4 Å². The van der Waals surface area contributed by atoms with Gasteiger partial charge in [0, 0.05) is 26.1 Å². The van der Waals surface area contributed by atoms with Crippen LogP contribution in [0.1, 0.15) is 38.9 Å². The van der Waals surface area contributed by atoms with Gasteiger partial charge in [0.15, 0.2) is 11.6 Å². The van der Waals surface area contributed by atoms with E-state index in [2.05, 4.69) is 20.9 Å². The van der Waals surface area contributed by atoms with Gasteiger partial charge < -0.3 is 5.32 Å². The minimum atomic E-state index is -0.441. The van der Waals surface area contributed by atoms with Gasteiger partial charge in [0.2, 0.25) is 0 Å². The summed E-state index contributed by atoms with van der Waals surface area (Å²) in [6.07, 6.45) is 0.426. The molecule has 3 aromatic rings. The molecule has 0 fully saturated rings. The number of urea groups is 1. The van der Waals surface area contributed by atoms with Gasteiger partial charge in [-0.25, -0.2) is 9.80 Å². The Labute approximate surface area is 170 Å². The molecule has 1 aromatic carbocycles. The highest BCUT2D eigenvalue weighted by atomic mass is 32.1. The number of aromatic nitrogens is 2. The quantitative estimate of drug-likeness (QED) is 0.345. The zero-order valence-electron chi connectivity index (χ0n) is 16.1. The van der Waals surface area contributed by atoms with Gasteiger partial charge in [-0.15, -0.1) is 11.3 Å². The number of fused-ring (bicyclic) bond motifs is 3. The summed E-state index contributed by atoms with van der Waals surface area (Å²) in [6, 6.07) is 8.41. The van der Waals surface area contributed by atoms with Crippen LogP contribution in [0.4, 0.5) is 10.5 Å². The molecular formula is C20H19N5O3S. The van der Waals surface area contributed by atoms with Gasteiger partial charge in [0.25, 0.3) is 0 Å². The summed E-state index contributed by atoms with van der Waals surface area (Å²) in [7, 11) is 3.39. The fourth-order valence-corrected chi connectivity index (χ4v) is 4.33. The van der Waals surface area contributed by atoms with Crippen molar-refractivity contribution in [3.05, 3.63) is 46.3 Å². The molecule has 148 valence electrons. The number of carbonyl (C=O) groups excluding carboxylic acids is 3. The number of rotatable bonds is 5. The lowest BCUT2D eigenvalue weighted by Gasteiger charge is -2.14. The molecule has 0 radical (unpaired) electrons. The molecule has 4 rings (SSSR count). The number of hydrazine groups is 1. The third-order valence-corrected chi connectivity index (χ3v) is 5.71. The molecule has 2 amide bonds. The third-order valence-electron chi connectivity index (χ3n) is 4.56. The summed E-state index contributed by atoms with van der Waals surface area (Å²) < 4.78 is 0. The van der Waals surface area contributed by atoms with Crippen LogP contribution in [0.3, 0.4) is 0 Å². The number of carbonyl (C=O) groups is 3. The summed E-state index contributed by atoms with van der Waals surface area (Å²) in [5, 5.41) is 11.5. The number of nitrogens with one attached hydrogen (secondary N) is 3. The van der Waals surface area contributed by atoms with E-state index in [0.717, 1.165) is 4.88 Å². The molecular weight excluding hydrogens is 390 g/mol. The monoisotopic (exact) mass is 409 g/mol. The van der Waals surface area contributed by atoms with E-state index >= 15 is 0 Å². The van der Waals surface area contributed by atoms with Crippen LogP contribution in [0.2, 0.25) is 0 Å². The molecule has 1 aliphatic rings. The molecule has 8 nitrogen and oxygen atoms in total. The highest BCUT2D eigenvalue weighted by molar-refractivity contribution is 7.17. The smallest absolute Gasteiger partial charge is 0.306 e. The lowest BCUT2D eigenvalue weighted by molar-refractivity contribution is 0.0990. The summed E-state index contributed by atoms with van der Waals surface area (Å²) in [6.45, 7) is 1.82. The van der Waals surface area contributed by atoms with Gasteiger partial charge in [-0.1, -0.05) is 19.1 Å². The second kappa shape index (κ2) is 7.26. The predicted octanol–water partition coefficient (Wildman–Crippen LogP) is 3.54. The molecule has 0 atom stereocenters. The van der Waals surface area contributed by atoms with E-state index < -0.39 is 6.03 Å². The summed E-state index contributed by atoms with van der Waals surface area (Å²) in [5.41, 5.74) is 5.68. The summed E-state index contributed by atoms with van der Waals surface area (Å²) in [5.74, 6) is -0.151. The number of benzene rings is 1. The second-order valence-corrected chi connectivity index (χ2v) is 7.86. The van der Waals surface area contributed by atoms with Crippen molar-refractivity contribution >= 4 is 34.6 Å². The van der Waals surface area contributed by atoms with Crippen molar-refractivity contribution in [3.8, 4) is 21.8 Å². The first-order valence-electron chi connectivity index (χ1n) is 9.05. The Kier molecular flexibility index (Phi) is 4.77. The third kappa shape index (κ3) is 3.24. The van der Waals surface area contributed by atoms with Gasteiger partial charge in [0.1, 0.15) is 5.69 Å². The van der Waals surface area contributed by atoms with Gasteiger partial charge in [-0.3, -0.25) is 20.1 Å². The van der Waals surface area contributed by atoms with E-state index in [1.54, 1.807) is 38.4 Å². The first-order chi connectivity index (χ1) is 13.9. The number of hydrogen-bond acceptors (Lipinski definition) is 6. The zero-order chi connectivity index (χ0) is 20.7. The van der Waals surface area contributed by atoms with Crippen LogP contribution in [0.25, 0.3) is 21.8 Å². The molecule has 0 spiro atoms. The minimum Gasteiger partial charge on any atom is -0.306 e. The number of nitrogens with zero attached hydrogens (tertiary/aromatic N) is 2. The first-order valence-corrected chi connectivity index (χ1v) is 9.87. The highest BCUT2D eigenvalue weighted by Gasteiger charge is 2.35. The van der Waals surface area contributed by atoms with Crippen molar-refractivity contribution in [1.29, 1.82) is 0 Å². The zero-order valence-corrected chi connectivity index (χ0v) is 16.9. The van der Waals surface area contributed by atoms with E-state index in [-0.39, 0.29) is 11.6 Å². The van der Waals surface area contributed by atoms with Crippen molar-refractivity contribution in [2.75, 3.05) is 19.4 Å². The van der Waals surface area contributed by atoms with E-state index in [4.69, 9.17) is 0 Å². The van der Waals surface area contributed by atoms with Crippen LogP contribution in [-0.4, -0.2) is 46.9 Å². The van der Waals surface area contributed by atoms with E-state index in [1.165, 1.54) is 16.3 Å². The maximum absolute atomic E-state index is 13.3. The van der Waals surface area contributed by atoms with Crippen LogP contribution in [-0.2, 0) is 0 Å². The molecule has 29 heavy (non-hydrogen) atoms. The van der Waals surface area contributed by atoms with Crippen molar-refractivity contribution in [2.24, 2.45) is 0 Å². The predicted molar refractivity (Wildman–Crippen MR) is 111 cm³/mol. The Bertz CT molecular complexity index is 1140. The molecule has 2 heterocycles. The molecule has 0 saturated heterocycles. The number of thiophene rings is 1. The fraction of sp³-hybridized carbons (Fsp3) is 0.200. The molecule has 0 saturated carbocycles. The standard InChI is InChI=1S/C20H19N5O3S/c1-4-12(26)13-8-9-14(29-13)18-16-17(22-23-18)10-6-5-7-11(15(10)19(16)27)21-20(28)24-25(2)3/h5-9H,4H2,1-3H3,(H,22,23)(H2,21,24,28). The van der Waals surface area contributed by atoms with Gasteiger partial charge in [-0.05, 0) is 18.2 Å². The lowest BCUT2D eigenvalue weighted by Crippen LogP contribution is -2.39. The number of ketones is 2. The molecule has 0 aliphatic heterocycles. The number of Topliss-reactive ketones (excluding diaryl/α,β-unsaturated/α-hetero) is 1. The van der Waals surface area contributed by atoms with Crippen LogP contribution in [0, 0.1) is 0 Å². The highest BCUT2D eigenvalue weighted by Crippen LogP contribution is 2.44. The summed E-state index contributed by atoms with van der Waals surface area (Å²) in [4.78, 5) is 38.7. The Morgan fingerprint density at radius 3 is 2.69 bits per heavy atom. The number of hydrogen-bond donors (Lipinski definition) is 3. The average molecular weight is 409 g/mol. The van der Waals surface area contributed by atoms with Crippen LogP contribution in [0.5, 0.6) is 0 Å². The minimum absolute atomic E-state index is 0.0606. The van der Waals surface area contributed by atoms with Gasteiger partial charge >= 0.3 is 6.03 Å². The number of amides is 2. The van der Waals surface area contributed by atoms with Gasteiger partial charge in [-0.2, -0.15) is 5.10 Å². The molecule has 2 aromatic heterocycles. The normalized spacial score (nSPS) is 12.1. The van der Waals surface area contributed by atoms with Crippen LogP contribution >= 0.6 is 11.3 Å². The lowest BCUT2D eigenvalue weighted by atomic mass is 10.1. The van der Waals surface area contributed by atoms with Crippen LogP contribution in [0.15, 0.2) is 30.3 Å². The number of H-pyrrole nitrogens is 1. The molecule has 9 heteroatoms. The van der Waals surface area contributed by atoms with Crippen LogP contribution < -0.4 is 10.7 Å². The Morgan fingerprint density at radius 2 is 1.97 bits per heavy atom. The number of anilines is 1. The number of aromatic amines is 1. The summed E-state index contributed by atoms with van der Waals surface area (Å²) >= 11 is 1.33. The average Bonchev–Trinajstić information content (AvgIpc) is 3.37. The molecule has 3 N–H and O–H groups in total. The van der Waals surface area contributed by atoms with Crippen molar-refractivity contribution < 1.29 is 14.4 Å². The maximum Gasteiger partial charge on any atom is 0.333 e. The van der Waals surface area contributed by atoms with E-state index in [1.807, 2.05) is 13.0 Å². The Hall–Kier alpha value is -3.30. The molecule has 1 aliphatic carbocycles. The van der Waals surface area contributed by atoms with Crippen molar-refractivity contribution in [2.45, 2.75) is 13.3 Å². The molecule has 0 bridgehead atoms. The maximum atomic E-state index is 13.3. The Balaban J connectivity index is 1.72. The van der Waals surface area contributed by atoms with Gasteiger partial charge in [0.05, 0.1) is 32.3 Å². The first kappa shape index (κ1) is 19.0.